The Hall–Kier alpha value is -0.990. The van der Waals surface area contributed by atoms with Gasteiger partial charge in [-0.2, -0.15) is 0 Å². The molecule has 3 nitrogen and oxygen atoms in total. The molecule has 0 atom stereocenters. The third kappa shape index (κ3) is 3.49. The van der Waals surface area contributed by atoms with Crippen LogP contribution in [0.4, 0.5) is 5.95 Å². The van der Waals surface area contributed by atoms with Crippen LogP contribution in [0.5, 0.6) is 0 Å². The van der Waals surface area contributed by atoms with Crippen molar-refractivity contribution in [2.24, 2.45) is 5.92 Å². The van der Waals surface area contributed by atoms with E-state index in [-0.39, 0.29) is 0 Å². The number of hydrogen-bond donors (Lipinski definition) is 1. The van der Waals surface area contributed by atoms with Gasteiger partial charge in [-0.3, -0.25) is 0 Å². The van der Waals surface area contributed by atoms with E-state index in [0.717, 1.165) is 12.5 Å². The number of imidazole rings is 1. The van der Waals surface area contributed by atoms with Crippen molar-refractivity contribution < 1.29 is 0 Å². The maximum Gasteiger partial charge on any atom is 0.200 e. The van der Waals surface area contributed by atoms with Gasteiger partial charge in [-0.15, -0.1) is 0 Å². The van der Waals surface area contributed by atoms with Crippen LogP contribution in [0.1, 0.15) is 33.1 Å². The van der Waals surface area contributed by atoms with E-state index in [1.54, 1.807) is 6.20 Å². The third-order valence-electron chi connectivity index (χ3n) is 2.18. The largest absolute Gasteiger partial charge is 0.369 e. The first-order valence-corrected chi connectivity index (χ1v) is 4.96. The van der Waals surface area contributed by atoms with E-state index < -0.39 is 0 Å². The fourth-order valence-corrected chi connectivity index (χ4v) is 1.36. The number of hydrogen-bond acceptors (Lipinski definition) is 2. The molecule has 13 heavy (non-hydrogen) atoms. The zero-order valence-corrected chi connectivity index (χ0v) is 8.53. The Bertz CT molecular complexity index is 240. The number of nitrogens with two attached hydrogens (primary N) is 1. The number of nitrogen functional groups attached to an aromatic ring is 1. The van der Waals surface area contributed by atoms with Crippen molar-refractivity contribution in [3.05, 3.63) is 12.4 Å². The van der Waals surface area contributed by atoms with Crippen LogP contribution in [0.3, 0.4) is 0 Å². The van der Waals surface area contributed by atoms with Crippen molar-refractivity contribution in [1.82, 2.24) is 9.55 Å². The quantitative estimate of drug-likeness (QED) is 0.708. The molecule has 0 unspecified atom stereocenters. The molecule has 0 spiro atoms. The molecule has 1 heterocycles. The van der Waals surface area contributed by atoms with Gasteiger partial charge in [0.05, 0.1) is 0 Å². The Balaban J connectivity index is 2.17. The van der Waals surface area contributed by atoms with Gasteiger partial charge in [0.1, 0.15) is 0 Å². The summed E-state index contributed by atoms with van der Waals surface area (Å²) in [7, 11) is 0. The summed E-state index contributed by atoms with van der Waals surface area (Å²) in [5, 5.41) is 0. The van der Waals surface area contributed by atoms with Gasteiger partial charge < -0.3 is 10.3 Å². The Morgan fingerprint density at radius 2 is 2.23 bits per heavy atom. The van der Waals surface area contributed by atoms with E-state index in [1.165, 1.54) is 19.3 Å². The summed E-state index contributed by atoms with van der Waals surface area (Å²) in [4.78, 5) is 3.97. The zero-order chi connectivity index (χ0) is 9.68. The average Bonchev–Trinajstić information content (AvgIpc) is 2.45. The highest BCUT2D eigenvalue weighted by Crippen LogP contribution is 2.08. The summed E-state index contributed by atoms with van der Waals surface area (Å²) in [5.41, 5.74) is 5.63. The minimum Gasteiger partial charge on any atom is -0.369 e. The number of unbranched alkanes of at least 4 members (excludes halogenated alkanes) is 1. The first-order chi connectivity index (χ1) is 6.20. The smallest absolute Gasteiger partial charge is 0.200 e. The summed E-state index contributed by atoms with van der Waals surface area (Å²) in [6, 6.07) is 0. The fourth-order valence-electron chi connectivity index (χ4n) is 1.36. The normalized spacial score (nSPS) is 11.0. The Morgan fingerprint density at radius 1 is 1.46 bits per heavy atom. The summed E-state index contributed by atoms with van der Waals surface area (Å²) in [6.45, 7) is 5.51. The van der Waals surface area contributed by atoms with Gasteiger partial charge in [0.2, 0.25) is 0 Å². The molecule has 0 bridgehead atoms. The maximum absolute atomic E-state index is 5.63. The second-order valence-corrected chi connectivity index (χ2v) is 3.87. The molecule has 3 heteroatoms. The first kappa shape index (κ1) is 10.1. The molecule has 0 saturated heterocycles. The van der Waals surface area contributed by atoms with Gasteiger partial charge in [0, 0.05) is 18.9 Å². The molecule has 0 aliphatic rings. The van der Waals surface area contributed by atoms with Crippen molar-refractivity contribution >= 4 is 5.95 Å². The van der Waals surface area contributed by atoms with Crippen molar-refractivity contribution in [3.63, 3.8) is 0 Å². The van der Waals surface area contributed by atoms with E-state index in [4.69, 9.17) is 5.73 Å². The number of nitrogens with zero attached hydrogens (tertiary/aromatic N) is 2. The van der Waals surface area contributed by atoms with Crippen LogP contribution in [-0.4, -0.2) is 9.55 Å². The molecular formula is C10H19N3. The maximum atomic E-state index is 5.63. The molecule has 2 N–H and O–H groups in total. The summed E-state index contributed by atoms with van der Waals surface area (Å²) in [6.07, 6.45) is 7.45. The second-order valence-electron chi connectivity index (χ2n) is 3.87. The lowest BCUT2D eigenvalue weighted by molar-refractivity contribution is 0.511. The molecule has 0 aromatic carbocycles. The lowest BCUT2D eigenvalue weighted by Crippen LogP contribution is -2.02. The molecule has 1 aromatic rings. The average molecular weight is 181 g/mol. The standard InChI is InChI=1S/C10H19N3/c1-9(2)5-3-4-7-13-8-6-12-10(13)11/h6,8-9H,3-5,7H2,1-2H3,(H2,11,12). The molecule has 0 aliphatic carbocycles. The lowest BCUT2D eigenvalue weighted by Gasteiger charge is -2.05. The molecule has 0 amide bonds. The Kier molecular flexibility index (Phi) is 3.80. The fraction of sp³-hybridized carbons (Fsp3) is 0.700. The van der Waals surface area contributed by atoms with Crippen LogP contribution in [0.2, 0.25) is 0 Å². The van der Waals surface area contributed by atoms with Crippen LogP contribution in [0, 0.1) is 5.92 Å². The first-order valence-electron chi connectivity index (χ1n) is 4.96. The molecule has 0 radical (unpaired) electrons. The van der Waals surface area contributed by atoms with E-state index in [0.29, 0.717) is 5.95 Å². The number of aryl methyl sites for hydroxylation is 1. The van der Waals surface area contributed by atoms with Crippen molar-refractivity contribution in [2.45, 2.75) is 39.7 Å². The van der Waals surface area contributed by atoms with Gasteiger partial charge in [0.25, 0.3) is 0 Å². The van der Waals surface area contributed by atoms with E-state index >= 15 is 0 Å². The van der Waals surface area contributed by atoms with Crippen LogP contribution in [0.25, 0.3) is 0 Å². The highest BCUT2D eigenvalue weighted by Gasteiger charge is 1.97. The van der Waals surface area contributed by atoms with Gasteiger partial charge in [-0.25, -0.2) is 4.98 Å². The molecular weight excluding hydrogens is 162 g/mol. The molecule has 74 valence electrons. The van der Waals surface area contributed by atoms with Gasteiger partial charge >= 0.3 is 0 Å². The van der Waals surface area contributed by atoms with Gasteiger partial charge in [-0.1, -0.05) is 26.7 Å². The third-order valence-corrected chi connectivity index (χ3v) is 2.18. The Labute approximate surface area is 80.0 Å². The van der Waals surface area contributed by atoms with Gasteiger partial charge in [0.15, 0.2) is 5.95 Å². The molecule has 0 saturated carbocycles. The summed E-state index contributed by atoms with van der Waals surface area (Å²) < 4.78 is 2.00. The predicted molar refractivity (Wildman–Crippen MR) is 55.3 cm³/mol. The minimum absolute atomic E-state index is 0.629. The van der Waals surface area contributed by atoms with Crippen molar-refractivity contribution in [1.29, 1.82) is 0 Å². The van der Waals surface area contributed by atoms with Crippen molar-refractivity contribution in [2.75, 3.05) is 5.73 Å². The second kappa shape index (κ2) is 4.90. The minimum atomic E-state index is 0.629. The molecule has 0 fully saturated rings. The lowest BCUT2D eigenvalue weighted by atomic mass is 10.1. The topological polar surface area (TPSA) is 43.8 Å². The number of anilines is 1. The van der Waals surface area contributed by atoms with Crippen LogP contribution in [0.15, 0.2) is 12.4 Å². The van der Waals surface area contributed by atoms with Crippen LogP contribution in [-0.2, 0) is 6.54 Å². The Morgan fingerprint density at radius 3 is 2.77 bits per heavy atom. The van der Waals surface area contributed by atoms with Gasteiger partial charge in [-0.05, 0) is 12.3 Å². The highest BCUT2D eigenvalue weighted by molar-refractivity contribution is 5.16. The summed E-state index contributed by atoms with van der Waals surface area (Å²) >= 11 is 0. The SMILES string of the molecule is CC(C)CCCCn1ccnc1N. The summed E-state index contributed by atoms with van der Waals surface area (Å²) in [5.74, 6) is 1.43. The monoisotopic (exact) mass is 181 g/mol. The highest BCUT2D eigenvalue weighted by atomic mass is 15.1. The predicted octanol–water partition coefficient (Wildman–Crippen LogP) is 2.29. The zero-order valence-electron chi connectivity index (χ0n) is 8.53. The molecule has 1 aromatic heterocycles. The number of rotatable bonds is 5. The van der Waals surface area contributed by atoms with Crippen molar-refractivity contribution in [3.8, 4) is 0 Å². The number of aromatic nitrogens is 2. The van der Waals surface area contributed by atoms with Crippen LogP contribution >= 0.6 is 0 Å². The van der Waals surface area contributed by atoms with Crippen LogP contribution < -0.4 is 5.73 Å². The molecule has 0 aliphatic heterocycles. The van der Waals surface area contributed by atoms with E-state index in [1.807, 2.05) is 10.8 Å². The van der Waals surface area contributed by atoms with E-state index in [2.05, 4.69) is 18.8 Å². The molecule has 1 rings (SSSR count). The van der Waals surface area contributed by atoms with E-state index in [9.17, 15) is 0 Å².